The molecule has 0 saturated carbocycles. The van der Waals surface area contributed by atoms with Crippen LogP contribution >= 0.6 is 11.6 Å². The van der Waals surface area contributed by atoms with E-state index < -0.39 is 6.10 Å². The topological polar surface area (TPSA) is 34.4 Å². The average molecular weight is 414 g/mol. The molecule has 0 aliphatic heterocycles. The van der Waals surface area contributed by atoms with Gasteiger partial charge in [0.1, 0.15) is 18.5 Å². The molecule has 0 bridgehead atoms. The minimum absolute atomic E-state index is 0.268. The number of halogens is 1. The molecule has 0 amide bonds. The molecule has 1 atom stereocenters. The van der Waals surface area contributed by atoms with Crippen molar-refractivity contribution in [3.63, 3.8) is 0 Å². The van der Waals surface area contributed by atoms with E-state index in [9.17, 15) is 5.11 Å². The molecule has 3 nitrogen and oxygen atoms in total. The van der Waals surface area contributed by atoms with Gasteiger partial charge in [-0.15, -0.1) is 0 Å². The van der Waals surface area contributed by atoms with Gasteiger partial charge in [-0.05, 0) is 54.8 Å². The summed E-state index contributed by atoms with van der Waals surface area (Å²) in [4.78, 5) is 0. The first-order valence-electron chi connectivity index (χ1n) is 10.8. The van der Waals surface area contributed by atoms with Crippen molar-refractivity contribution in [1.29, 1.82) is 0 Å². The molecule has 0 saturated heterocycles. The highest BCUT2D eigenvalue weighted by atomic mass is 35.5. The summed E-state index contributed by atoms with van der Waals surface area (Å²) in [6.45, 7) is 3.01. The second-order valence-electron chi connectivity index (χ2n) is 7.80. The molecular weight excluding hydrogens is 382 g/mol. The molecule has 3 rings (SSSR count). The van der Waals surface area contributed by atoms with Gasteiger partial charge < -0.3 is 14.4 Å². The van der Waals surface area contributed by atoms with Gasteiger partial charge in [0.05, 0.1) is 6.54 Å². The Morgan fingerprint density at radius 3 is 2.52 bits per heavy atom. The number of ether oxygens (including phenoxy) is 1. The van der Waals surface area contributed by atoms with Crippen molar-refractivity contribution in [2.24, 2.45) is 0 Å². The Labute approximate surface area is 179 Å². The molecule has 3 aromatic rings. The zero-order valence-electron chi connectivity index (χ0n) is 17.3. The maximum absolute atomic E-state index is 10.4. The van der Waals surface area contributed by atoms with Crippen LogP contribution in [0, 0.1) is 0 Å². The molecule has 1 aromatic heterocycles. The first-order chi connectivity index (χ1) is 14.2. The van der Waals surface area contributed by atoms with Crippen LogP contribution < -0.4 is 4.74 Å². The lowest BCUT2D eigenvalue weighted by Crippen LogP contribution is -2.23. The van der Waals surface area contributed by atoms with E-state index in [0.717, 1.165) is 28.1 Å². The number of rotatable bonds is 12. The van der Waals surface area contributed by atoms with Crippen molar-refractivity contribution < 1.29 is 9.84 Å². The van der Waals surface area contributed by atoms with Gasteiger partial charge in [0.2, 0.25) is 0 Å². The zero-order valence-corrected chi connectivity index (χ0v) is 18.1. The van der Waals surface area contributed by atoms with Crippen LogP contribution in [0.25, 0.3) is 10.9 Å². The summed E-state index contributed by atoms with van der Waals surface area (Å²) in [5.74, 6) is 0.805. The van der Waals surface area contributed by atoms with Crippen LogP contribution in [0.3, 0.4) is 0 Å². The van der Waals surface area contributed by atoms with Crippen molar-refractivity contribution >= 4 is 22.5 Å². The third-order valence-electron chi connectivity index (χ3n) is 5.33. The first-order valence-corrected chi connectivity index (χ1v) is 11.2. The van der Waals surface area contributed by atoms with Gasteiger partial charge in [-0.2, -0.15) is 0 Å². The standard InChI is InChI=1S/C25H32ClNO2/c1-2-3-4-5-6-7-8-20-9-12-24(13-10-20)29-19-23(28)18-27-16-15-21-17-22(26)11-14-25(21)27/h9-17,23,28H,2-8,18-19H2,1H3. The second kappa shape index (κ2) is 11.3. The van der Waals surface area contributed by atoms with E-state index in [4.69, 9.17) is 16.3 Å². The summed E-state index contributed by atoms with van der Waals surface area (Å²) in [5.41, 5.74) is 2.42. The molecule has 0 aliphatic rings. The molecule has 1 N–H and O–H groups in total. The molecule has 0 spiro atoms. The predicted molar refractivity (Wildman–Crippen MR) is 122 cm³/mol. The quantitative estimate of drug-likeness (QED) is 0.338. The van der Waals surface area contributed by atoms with Gasteiger partial charge >= 0.3 is 0 Å². The van der Waals surface area contributed by atoms with Gasteiger partial charge in [0.15, 0.2) is 0 Å². The van der Waals surface area contributed by atoms with Gasteiger partial charge in [-0.1, -0.05) is 62.8 Å². The molecule has 0 radical (unpaired) electrons. The van der Waals surface area contributed by atoms with Crippen molar-refractivity contribution in [3.8, 4) is 5.75 Å². The van der Waals surface area contributed by atoms with Crippen molar-refractivity contribution in [3.05, 3.63) is 65.3 Å². The van der Waals surface area contributed by atoms with E-state index in [2.05, 4.69) is 19.1 Å². The molecule has 4 heteroatoms. The highest BCUT2D eigenvalue weighted by Crippen LogP contribution is 2.21. The fourth-order valence-corrected chi connectivity index (χ4v) is 3.84. The number of hydrogen-bond donors (Lipinski definition) is 1. The molecular formula is C25H32ClNO2. The van der Waals surface area contributed by atoms with Crippen molar-refractivity contribution in [2.75, 3.05) is 6.61 Å². The van der Waals surface area contributed by atoms with E-state index in [1.807, 2.05) is 47.2 Å². The third-order valence-corrected chi connectivity index (χ3v) is 5.56. The third kappa shape index (κ3) is 6.80. The van der Waals surface area contributed by atoms with Crippen molar-refractivity contribution in [2.45, 2.75) is 64.5 Å². The molecule has 29 heavy (non-hydrogen) atoms. The number of aliphatic hydroxyl groups is 1. The normalized spacial score (nSPS) is 12.4. The summed E-state index contributed by atoms with van der Waals surface area (Å²) < 4.78 is 7.82. The number of aryl methyl sites for hydroxylation is 1. The molecule has 0 fully saturated rings. The summed E-state index contributed by atoms with van der Waals surface area (Å²) >= 11 is 6.04. The lowest BCUT2D eigenvalue weighted by molar-refractivity contribution is 0.0935. The van der Waals surface area contributed by atoms with E-state index in [1.165, 1.54) is 44.1 Å². The minimum atomic E-state index is -0.580. The molecule has 0 aliphatic carbocycles. The Kier molecular flexibility index (Phi) is 8.45. The summed E-state index contributed by atoms with van der Waals surface area (Å²) in [5, 5.41) is 12.2. The zero-order chi connectivity index (χ0) is 20.5. The highest BCUT2D eigenvalue weighted by molar-refractivity contribution is 6.31. The van der Waals surface area contributed by atoms with E-state index in [1.54, 1.807) is 0 Å². The van der Waals surface area contributed by atoms with Crippen LogP contribution in [0.1, 0.15) is 51.0 Å². The van der Waals surface area contributed by atoms with E-state index in [-0.39, 0.29) is 6.61 Å². The fourth-order valence-electron chi connectivity index (χ4n) is 3.66. The van der Waals surface area contributed by atoms with Gasteiger partial charge in [-0.25, -0.2) is 0 Å². The van der Waals surface area contributed by atoms with Gasteiger partial charge in [0, 0.05) is 22.1 Å². The Balaban J connectivity index is 1.41. The largest absolute Gasteiger partial charge is 0.491 e. The van der Waals surface area contributed by atoms with Gasteiger partial charge in [0.25, 0.3) is 0 Å². The number of aliphatic hydroxyl groups excluding tert-OH is 1. The number of unbranched alkanes of at least 4 members (excludes halogenated alkanes) is 5. The van der Waals surface area contributed by atoms with Crippen molar-refractivity contribution in [1.82, 2.24) is 4.57 Å². The average Bonchev–Trinajstić information content (AvgIpc) is 3.11. The van der Waals surface area contributed by atoms with Crippen LogP contribution in [0.15, 0.2) is 54.7 Å². The van der Waals surface area contributed by atoms with Crippen LogP contribution in [-0.2, 0) is 13.0 Å². The number of aromatic nitrogens is 1. The van der Waals surface area contributed by atoms with Gasteiger partial charge in [-0.3, -0.25) is 0 Å². The molecule has 156 valence electrons. The maximum Gasteiger partial charge on any atom is 0.119 e. The predicted octanol–water partition coefficient (Wildman–Crippen LogP) is 6.64. The summed E-state index contributed by atoms with van der Waals surface area (Å²) in [6, 6.07) is 16.1. The minimum Gasteiger partial charge on any atom is -0.491 e. The van der Waals surface area contributed by atoms with E-state index >= 15 is 0 Å². The smallest absolute Gasteiger partial charge is 0.119 e. The molecule has 1 heterocycles. The Bertz CT molecular complexity index is 872. The number of nitrogens with zero attached hydrogens (tertiary/aromatic N) is 1. The number of fused-ring (bicyclic) bond motifs is 1. The summed E-state index contributed by atoms with van der Waals surface area (Å²) in [7, 11) is 0. The van der Waals surface area contributed by atoms with Crippen LogP contribution in [0.4, 0.5) is 0 Å². The Morgan fingerprint density at radius 1 is 0.966 bits per heavy atom. The SMILES string of the molecule is CCCCCCCCc1ccc(OCC(O)Cn2ccc3cc(Cl)ccc32)cc1. The molecule has 1 unspecified atom stereocenters. The lowest BCUT2D eigenvalue weighted by atomic mass is 10.0. The maximum atomic E-state index is 10.4. The molecule has 2 aromatic carbocycles. The fraction of sp³-hybridized carbons (Fsp3) is 0.440. The lowest BCUT2D eigenvalue weighted by Gasteiger charge is -2.14. The highest BCUT2D eigenvalue weighted by Gasteiger charge is 2.09. The monoisotopic (exact) mass is 413 g/mol. The summed E-state index contributed by atoms with van der Waals surface area (Å²) in [6.07, 6.45) is 10.4. The Morgan fingerprint density at radius 2 is 1.72 bits per heavy atom. The van der Waals surface area contributed by atoms with Crippen LogP contribution in [-0.4, -0.2) is 22.4 Å². The first kappa shape index (κ1) is 21.7. The van der Waals surface area contributed by atoms with E-state index in [0.29, 0.717) is 6.54 Å². The van der Waals surface area contributed by atoms with Crippen LogP contribution in [0.2, 0.25) is 5.02 Å². The Hall–Kier alpha value is -1.97. The second-order valence-corrected chi connectivity index (χ2v) is 8.23. The van der Waals surface area contributed by atoms with Crippen LogP contribution in [0.5, 0.6) is 5.75 Å². The number of benzene rings is 2. The number of hydrogen-bond acceptors (Lipinski definition) is 2.